The number of benzene rings is 1. The number of hydrogen-bond donors (Lipinski definition) is 1. The molecular formula is C19H16F7NO3S. The minimum Gasteiger partial charge on any atom is -0.483 e. The van der Waals surface area contributed by atoms with E-state index in [-0.39, 0.29) is 42.1 Å². The van der Waals surface area contributed by atoms with Gasteiger partial charge < -0.3 is 9.84 Å². The molecule has 1 fully saturated rings. The van der Waals surface area contributed by atoms with E-state index in [0.29, 0.717) is 0 Å². The van der Waals surface area contributed by atoms with Gasteiger partial charge >= 0.3 is 12.1 Å². The smallest absolute Gasteiger partial charge is 0.427 e. The molecule has 0 bridgehead atoms. The van der Waals surface area contributed by atoms with Crippen molar-refractivity contribution in [1.29, 1.82) is 0 Å². The minimum absolute atomic E-state index is 0.0341. The first-order chi connectivity index (χ1) is 14.4. The number of carboxylic acid groups (broad SMARTS) is 1. The maximum atomic E-state index is 14.3. The molecule has 0 saturated heterocycles. The largest absolute Gasteiger partial charge is 0.483 e. The van der Waals surface area contributed by atoms with Gasteiger partial charge in [-0.1, -0.05) is 0 Å². The molecule has 1 atom stereocenters. The highest BCUT2D eigenvalue weighted by Crippen LogP contribution is 2.47. The first-order valence-electron chi connectivity index (χ1n) is 9.13. The fraction of sp³-hybridized carbons (Fsp3) is 0.474. The molecule has 31 heavy (non-hydrogen) atoms. The highest BCUT2D eigenvalue weighted by Gasteiger charge is 2.44. The van der Waals surface area contributed by atoms with Crippen molar-refractivity contribution in [2.45, 2.75) is 56.7 Å². The van der Waals surface area contributed by atoms with Gasteiger partial charge in [0.05, 0.1) is 5.69 Å². The molecule has 12 heteroatoms. The first-order valence-corrected chi connectivity index (χ1v) is 9.90. The Morgan fingerprint density at radius 2 is 1.90 bits per heavy atom. The van der Waals surface area contributed by atoms with Crippen molar-refractivity contribution < 1.29 is 45.4 Å². The predicted octanol–water partition coefficient (Wildman–Crippen LogP) is 5.94. The minimum atomic E-state index is -4.84. The van der Waals surface area contributed by atoms with E-state index in [1.807, 2.05) is 0 Å². The van der Waals surface area contributed by atoms with Crippen LogP contribution in [0, 0.1) is 11.6 Å². The molecule has 3 rings (SSSR count). The molecule has 1 heterocycles. The van der Waals surface area contributed by atoms with Gasteiger partial charge in [0.2, 0.25) is 5.92 Å². The number of halogens is 7. The number of nitrogens with zero attached hydrogens (tertiary/aromatic N) is 1. The predicted molar refractivity (Wildman–Crippen MR) is 95.3 cm³/mol. The highest BCUT2D eigenvalue weighted by molar-refractivity contribution is 7.06. The second-order valence-corrected chi connectivity index (χ2v) is 8.01. The number of alkyl halides is 5. The zero-order valence-electron chi connectivity index (χ0n) is 15.7. The van der Waals surface area contributed by atoms with E-state index < -0.39 is 71.3 Å². The maximum absolute atomic E-state index is 14.3. The van der Waals surface area contributed by atoms with E-state index in [2.05, 4.69) is 4.37 Å². The molecule has 1 N–H and O–H groups in total. The van der Waals surface area contributed by atoms with Crippen molar-refractivity contribution in [3.05, 3.63) is 45.5 Å². The van der Waals surface area contributed by atoms with Crippen LogP contribution in [0.2, 0.25) is 0 Å². The molecule has 4 nitrogen and oxygen atoms in total. The molecule has 0 amide bonds. The molecule has 1 aromatic heterocycles. The van der Waals surface area contributed by atoms with Crippen molar-refractivity contribution in [1.82, 2.24) is 4.37 Å². The first kappa shape index (κ1) is 23.3. The van der Waals surface area contributed by atoms with Gasteiger partial charge in [0.1, 0.15) is 11.5 Å². The summed E-state index contributed by atoms with van der Waals surface area (Å²) < 4.78 is 104. The normalized spacial score (nSPS) is 18.4. The molecule has 0 radical (unpaired) electrons. The molecule has 170 valence electrons. The van der Waals surface area contributed by atoms with Crippen molar-refractivity contribution in [3.8, 4) is 5.75 Å². The number of hydrogen-bond acceptors (Lipinski definition) is 4. The second-order valence-electron chi connectivity index (χ2n) is 7.24. The second kappa shape index (κ2) is 8.64. The topological polar surface area (TPSA) is 59.4 Å². The van der Waals surface area contributed by atoms with Gasteiger partial charge in [0, 0.05) is 30.7 Å². The van der Waals surface area contributed by atoms with Gasteiger partial charge in [0.25, 0.3) is 0 Å². The Balaban J connectivity index is 1.86. The summed E-state index contributed by atoms with van der Waals surface area (Å²) in [6, 6.07) is 1.66. The van der Waals surface area contributed by atoms with E-state index in [1.54, 1.807) is 0 Å². The van der Waals surface area contributed by atoms with Crippen LogP contribution < -0.4 is 4.74 Å². The summed E-state index contributed by atoms with van der Waals surface area (Å²) in [6.07, 6.45) is -6.59. The Kier molecular flexibility index (Phi) is 6.49. The molecule has 2 aromatic rings. The summed E-state index contributed by atoms with van der Waals surface area (Å²) in [5.74, 6) is -8.49. The fourth-order valence-electron chi connectivity index (χ4n) is 3.48. The van der Waals surface area contributed by atoms with Gasteiger partial charge in [-0.25, -0.2) is 17.6 Å². The average molecular weight is 471 g/mol. The number of rotatable bonds is 7. The Bertz CT molecular complexity index is 951. The highest BCUT2D eigenvalue weighted by atomic mass is 32.1. The van der Waals surface area contributed by atoms with Gasteiger partial charge in [-0.2, -0.15) is 17.5 Å². The number of aryl methyl sites for hydroxylation is 1. The number of aliphatic carboxylic acids is 1. The number of ether oxygens (including phenoxy) is 1. The van der Waals surface area contributed by atoms with Gasteiger partial charge in [-0.15, -0.1) is 0 Å². The Morgan fingerprint density at radius 1 is 1.26 bits per heavy atom. The van der Waals surface area contributed by atoms with Crippen LogP contribution in [0.1, 0.15) is 53.3 Å². The van der Waals surface area contributed by atoms with Crippen LogP contribution >= 0.6 is 11.5 Å². The maximum Gasteiger partial charge on any atom is 0.427 e. The van der Waals surface area contributed by atoms with Crippen molar-refractivity contribution >= 4 is 17.5 Å². The summed E-state index contributed by atoms with van der Waals surface area (Å²) in [5, 5.41) is 8.64. The van der Waals surface area contributed by atoms with Gasteiger partial charge in [-0.3, -0.25) is 4.79 Å². The van der Waals surface area contributed by atoms with Crippen LogP contribution in [0.15, 0.2) is 12.1 Å². The quantitative estimate of drug-likeness (QED) is 0.508. The Morgan fingerprint density at radius 3 is 2.42 bits per heavy atom. The van der Waals surface area contributed by atoms with E-state index >= 15 is 0 Å². The average Bonchev–Trinajstić information content (AvgIpc) is 3.21. The van der Waals surface area contributed by atoms with E-state index in [1.165, 1.54) is 0 Å². The van der Waals surface area contributed by atoms with E-state index in [4.69, 9.17) is 9.84 Å². The number of carbonyl (C=O) groups is 1. The van der Waals surface area contributed by atoms with Crippen LogP contribution in [0.5, 0.6) is 5.75 Å². The zero-order valence-corrected chi connectivity index (χ0v) is 16.6. The lowest BCUT2D eigenvalue weighted by Crippen LogP contribution is -2.13. The molecule has 1 aromatic carbocycles. The molecule has 0 aliphatic heterocycles. The fourth-order valence-corrected chi connectivity index (χ4v) is 4.30. The summed E-state index contributed by atoms with van der Waals surface area (Å²) >= 11 is 0.0824. The van der Waals surface area contributed by atoms with Crippen molar-refractivity contribution in [2.75, 3.05) is 0 Å². The van der Waals surface area contributed by atoms with Crippen molar-refractivity contribution in [3.63, 3.8) is 0 Å². The Labute approximate surface area is 175 Å². The standard InChI is InChI=1S/C19H16F7NO3S/c20-12-5-9(1-2-14(28)29)6-13(21)16(12)30-8-11-15(10-3-4-18(22,23)7-10)27-31-17(11)19(24,25)26/h5-6,10H,1-4,7-8H2,(H,28,29). The summed E-state index contributed by atoms with van der Waals surface area (Å²) in [7, 11) is 0. The monoisotopic (exact) mass is 471 g/mol. The summed E-state index contributed by atoms with van der Waals surface area (Å²) in [5.41, 5.74) is -0.686. The lowest BCUT2D eigenvalue weighted by Gasteiger charge is -2.15. The Hall–Kier alpha value is -2.37. The molecular weight excluding hydrogens is 455 g/mol. The van der Waals surface area contributed by atoms with E-state index in [9.17, 15) is 35.5 Å². The molecule has 1 aliphatic rings. The zero-order chi connectivity index (χ0) is 23.0. The third kappa shape index (κ3) is 5.46. The lowest BCUT2D eigenvalue weighted by atomic mass is 9.99. The van der Waals surface area contributed by atoms with Crippen LogP contribution in [-0.2, 0) is 24.0 Å². The molecule has 1 unspecified atom stereocenters. The number of carboxylic acids is 1. The van der Waals surface area contributed by atoms with Crippen LogP contribution in [0.4, 0.5) is 30.7 Å². The number of aromatic nitrogens is 1. The molecule has 1 aliphatic carbocycles. The lowest BCUT2D eigenvalue weighted by molar-refractivity contribution is -0.137. The van der Waals surface area contributed by atoms with Gasteiger partial charge in [0.15, 0.2) is 17.4 Å². The third-order valence-corrected chi connectivity index (χ3v) is 5.86. The SMILES string of the molecule is O=C(O)CCc1cc(F)c(OCc2c(C3CCC(F)(F)C3)nsc2C(F)(F)F)c(F)c1. The van der Waals surface area contributed by atoms with E-state index in [0.717, 1.165) is 12.1 Å². The van der Waals surface area contributed by atoms with Crippen molar-refractivity contribution in [2.24, 2.45) is 0 Å². The third-order valence-electron chi connectivity index (χ3n) is 4.91. The van der Waals surface area contributed by atoms with Crippen LogP contribution in [-0.4, -0.2) is 21.4 Å². The molecule has 1 saturated carbocycles. The van der Waals surface area contributed by atoms with Crippen LogP contribution in [0.3, 0.4) is 0 Å². The summed E-state index contributed by atoms with van der Waals surface area (Å²) in [4.78, 5) is 9.41. The molecule has 0 spiro atoms. The van der Waals surface area contributed by atoms with Crippen LogP contribution in [0.25, 0.3) is 0 Å². The summed E-state index contributed by atoms with van der Waals surface area (Å²) in [6.45, 7) is -0.912. The van der Waals surface area contributed by atoms with Gasteiger partial charge in [-0.05, 0) is 42.1 Å².